The highest BCUT2D eigenvalue weighted by Gasteiger charge is 2.23. The first kappa shape index (κ1) is 13.3. The molecule has 2 rings (SSSR count). The van der Waals surface area contributed by atoms with Gasteiger partial charge in [0.25, 0.3) is 0 Å². The SMILES string of the molecule is Cc1ccccc1C(Cc1sccc1Br)C(=O)O. The van der Waals surface area contributed by atoms with Crippen molar-refractivity contribution in [2.45, 2.75) is 19.3 Å². The van der Waals surface area contributed by atoms with Crippen molar-refractivity contribution in [2.24, 2.45) is 0 Å². The van der Waals surface area contributed by atoms with Crippen LogP contribution in [0, 0.1) is 6.92 Å². The first-order valence-electron chi connectivity index (χ1n) is 5.60. The van der Waals surface area contributed by atoms with Crippen molar-refractivity contribution < 1.29 is 9.90 Å². The number of aryl methyl sites for hydroxylation is 1. The second-order valence-electron chi connectivity index (χ2n) is 4.14. The average Bonchev–Trinajstić information content (AvgIpc) is 2.73. The van der Waals surface area contributed by atoms with E-state index < -0.39 is 11.9 Å². The lowest BCUT2D eigenvalue weighted by Gasteiger charge is -2.14. The summed E-state index contributed by atoms with van der Waals surface area (Å²) in [5.74, 6) is -1.26. The molecule has 1 N–H and O–H groups in total. The number of hydrogen-bond donors (Lipinski definition) is 1. The maximum absolute atomic E-state index is 11.5. The van der Waals surface area contributed by atoms with Gasteiger partial charge in [-0.2, -0.15) is 0 Å². The largest absolute Gasteiger partial charge is 0.481 e. The third kappa shape index (κ3) is 2.82. The molecule has 1 aromatic carbocycles. The fourth-order valence-corrected chi connectivity index (χ4v) is 3.53. The Morgan fingerprint density at radius 3 is 2.67 bits per heavy atom. The summed E-state index contributed by atoms with van der Waals surface area (Å²) < 4.78 is 0.993. The molecule has 2 nitrogen and oxygen atoms in total. The average molecular weight is 325 g/mol. The van der Waals surface area contributed by atoms with Gasteiger partial charge >= 0.3 is 5.97 Å². The molecule has 4 heteroatoms. The number of rotatable bonds is 4. The smallest absolute Gasteiger partial charge is 0.311 e. The zero-order valence-electron chi connectivity index (χ0n) is 9.89. The predicted molar refractivity (Wildman–Crippen MR) is 77.3 cm³/mol. The van der Waals surface area contributed by atoms with Gasteiger partial charge in [0.2, 0.25) is 0 Å². The number of carbonyl (C=O) groups is 1. The van der Waals surface area contributed by atoms with Crippen LogP contribution in [0.4, 0.5) is 0 Å². The summed E-state index contributed by atoms with van der Waals surface area (Å²) in [5, 5.41) is 11.4. The monoisotopic (exact) mass is 324 g/mol. The molecular formula is C14H13BrO2S. The minimum absolute atomic E-state index is 0.485. The van der Waals surface area contributed by atoms with E-state index in [0.717, 1.165) is 20.5 Å². The molecule has 1 aromatic heterocycles. The molecule has 2 aromatic rings. The van der Waals surface area contributed by atoms with Crippen LogP contribution in [0.25, 0.3) is 0 Å². The van der Waals surface area contributed by atoms with Gasteiger partial charge in [0.05, 0.1) is 5.92 Å². The van der Waals surface area contributed by atoms with Crippen LogP contribution in [-0.4, -0.2) is 11.1 Å². The molecule has 0 radical (unpaired) electrons. The van der Waals surface area contributed by atoms with Crippen LogP contribution in [0.5, 0.6) is 0 Å². The second kappa shape index (κ2) is 5.67. The van der Waals surface area contributed by atoms with E-state index in [1.165, 1.54) is 0 Å². The van der Waals surface area contributed by atoms with Gasteiger partial charge in [-0.25, -0.2) is 0 Å². The van der Waals surface area contributed by atoms with Crippen LogP contribution in [-0.2, 0) is 11.2 Å². The zero-order valence-corrected chi connectivity index (χ0v) is 12.3. The van der Waals surface area contributed by atoms with Crippen molar-refractivity contribution in [1.82, 2.24) is 0 Å². The summed E-state index contributed by atoms with van der Waals surface area (Å²) in [6.07, 6.45) is 0.526. The van der Waals surface area contributed by atoms with E-state index in [1.54, 1.807) is 11.3 Å². The maximum atomic E-state index is 11.5. The number of thiophene rings is 1. The lowest BCUT2D eigenvalue weighted by Crippen LogP contribution is -2.15. The van der Waals surface area contributed by atoms with Crippen molar-refractivity contribution in [3.63, 3.8) is 0 Å². The molecule has 94 valence electrons. The number of carboxylic acids is 1. The van der Waals surface area contributed by atoms with Crippen molar-refractivity contribution in [1.29, 1.82) is 0 Å². The Morgan fingerprint density at radius 1 is 1.39 bits per heavy atom. The predicted octanol–water partition coefficient (Wildman–Crippen LogP) is 4.23. The van der Waals surface area contributed by atoms with E-state index >= 15 is 0 Å². The summed E-state index contributed by atoms with van der Waals surface area (Å²) in [4.78, 5) is 12.6. The lowest BCUT2D eigenvalue weighted by atomic mass is 9.91. The fraction of sp³-hybridized carbons (Fsp3) is 0.214. The molecule has 0 aliphatic rings. The number of carboxylic acid groups (broad SMARTS) is 1. The summed E-state index contributed by atoms with van der Waals surface area (Å²) in [7, 11) is 0. The van der Waals surface area contributed by atoms with Crippen molar-refractivity contribution in [3.05, 3.63) is 56.2 Å². The number of hydrogen-bond acceptors (Lipinski definition) is 2. The van der Waals surface area contributed by atoms with E-state index in [-0.39, 0.29) is 0 Å². The molecule has 0 saturated heterocycles. The van der Waals surface area contributed by atoms with E-state index in [4.69, 9.17) is 0 Å². The van der Waals surface area contributed by atoms with Gasteiger partial charge in [-0.15, -0.1) is 11.3 Å². The molecule has 1 heterocycles. The number of benzene rings is 1. The van der Waals surface area contributed by atoms with E-state index in [9.17, 15) is 9.90 Å². The van der Waals surface area contributed by atoms with Crippen molar-refractivity contribution in [2.75, 3.05) is 0 Å². The Kier molecular flexibility index (Phi) is 4.19. The van der Waals surface area contributed by atoms with Gasteiger partial charge in [0.1, 0.15) is 0 Å². The zero-order chi connectivity index (χ0) is 13.1. The van der Waals surface area contributed by atoms with Gasteiger partial charge < -0.3 is 5.11 Å². The van der Waals surface area contributed by atoms with Crippen LogP contribution in [0.1, 0.15) is 21.9 Å². The van der Waals surface area contributed by atoms with E-state index in [1.807, 2.05) is 42.6 Å². The molecule has 0 spiro atoms. The summed E-state index contributed by atoms with van der Waals surface area (Å²) in [5.41, 5.74) is 1.92. The Morgan fingerprint density at radius 2 is 2.11 bits per heavy atom. The number of halogens is 1. The Hall–Kier alpha value is -1.13. The quantitative estimate of drug-likeness (QED) is 0.913. The van der Waals surface area contributed by atoms with Crippen LogP contribution < -0.4 is 0 Å². The van der Waals surface area contributed by atoms with E-state index in [0.29, 0.717) is 6.42 Å². The summed E-state index contributed by atoms with van der Waals surface area (Å²) in [6, 6.07) is 9.63. The third-order valence-corrected chi connectivity index (χ3v) is 4.89. The summed E-state index contributed by atoms with van der Waals surface area (Å²) in [6.45, 7) is 1.95. The molecule has 1 atom stereocenters. The standard InChI is InChI=1S/C14H13BrO2S/c1-9-4-2-3-5-10(9)11(14(16)17)8-13-12(15)6-7-18-13/h2-7,11H,8H2,1H3,(H,16,17). The molecule has 0 bridgehead atoms. The van der Waals surface area contributed by atoms with Gasteiger partial charge in [0.15, 0.2) is 0 Å². The molecule has 0 aliphatic carbocycles. The number of aliphatic carboxylic acids is 1. The Bertz CT molecular complexity index is 562. The first-order valence-corrected chi connectivity index (χ1v) is 7.27. The van der Waals surface area contributed by atoms with Crippen molar-refractivity contribution >= 4 is 33.2 Å². The van der Waals surface area contributed by atoms with Crippen LogP contribution in [0.15, 0.2) is 40.2 Å². The second-order valence-corrected chi connectivity index (χ2v) is 6.00. The molecule has 1 unspecified atom stereocenters. The highest BCUT2D eigenvalue weighted by molar-refractivity contribution is 9.10. The van der Waals surface area contributed by atoms with Gasteiger partial charge in [-0.3, -0.25) is 4.79 Å². The third-order valence-electron chi connectivity index (χ3n) is 2.94. The molecule has 0 aliphatic heterocycles. The van der Waals surface area contributed by atoms with Gasteiger partial charge in [-0.05, 0) is 45.4 Å². The Balaban J connectivity index is 2.33. The normalized spacial score (nSPS) is 12.3. The first-order chi connectivity index (χ1) is 8.59. The van der Waals surface area contributed by atoms with Crippen molar-refractivity contribution in [3.8, 4) is 0 Å². The molecule has 0 amide bonds. The fourth-order valence-electron chi connectivity index (χ4n) is 1.96. The molecule has 0 saturated carbocycles. The topological polar surface area (TPSA) is 37.3 Å². The molecular weight excluding hydrogens is 312 g/mol. The minimum atomic E-state index is -0.774. The summed E-state index contributed by atoms with van der Waals surface area (Å²) >= 11 is 5.04. The van der Waals surface area contributed by atoms with Crippen LogP contribution in [0.3, 0.4) is 0 Å². The molecule has 0 fully saturated rings. The van der Waals surface area contributed by atoms with Gasteiger partial charge in [-0.1, -0.05) is 24.3 Å². The van der Waals surface area contributed by atoms with Gasteiger partial charge in [0, 0.05) is 15.8 Å². The highest BCUT2D eigenvalue weighted by atomic mass is 79.9. The van der Waals surface area contributed by atoms with E-state index in [2.05, 4.69) is 15.9 Å². The van der Waals surface area contributed by atoms with Crippen LogP contribution in [0.2, 0.25) is 0 Å². The minimum Gasteiger partial charge on any atom is -0.481 e. The van der Waals surface area contributed by atoms with Crippen LogP contribution >= 0.6 is 27.3 Å². The maximum Gasteiger partial charge on any atom is 0.311 e. The Labute approximate surface area is 118 Å². The molecule has 18 heavy (non-hydrogen) atoms. The highest BCUT2D eigenvalue weighted by Crippen LogP contribution is 2.30. The lowest BCUT2D eigenvalue weighted by molar-refractivity contribution is -0.138.